The van der Waals surface area contributed by atoms with Crippen molar-refractivity contribution in [2.75, 3.05) is 25.5 Å². The first-order valence-corrected chi connectivity index (χ1v) is 15.5. The Morgan fingerprint density at radius 2 is 1.72 bits per heavy atom. The van der Waals surface area contributed by atoms with Crippen molar-refractivity contribution in [3.05, 3.63) is 83.5 Å². The number of rotatable bonds is 15. The van der Waals surface area contributed by atoms with E-state index in [1.807, 2.05) is 52.1 Å². The van der Waals surface area contributed by atoms with Gasteiger partial charge in [0, 0.05) is 46.9 Å². The van der Waals surface area contributed by atoms with Crippen LogP contribution in [0, 0.1) is 12.7 Å². The van der Waals surface area contributed by atoms with E-state index in [2.05, 4.69) is 48.3 Å². The van der Waals surface area contributed by atoms with Gasteiger partial charge in [-0.3, -0.25) is 24.8 Å². The van der Waals surface area contributed by atoms with Gasteiger partial charge in [0.1, 0.15) is 5.82 Å². The van der Waals surface area contributed by atoms with Gasteiger partial charge in [-0.05, 0) is 96.9 Å². The van der Waals surface area contributed by atoms with Crippen LogP contribution in [-0.4, -0.2) is 60.0 Å². The first-order valence-electron chi connectivity index (χ1n) is 15.5. The van der Waals surface area contributed by atoms with E-state index in [0.717, 1.165) is 59.7 Å². The molecular formula is C35H54FN7O3. The molecule has 1 atom stereocenters. The van der Waals surface area contributed by atoms with Crippen molar-refractivity contribution >= 4 is 35.1 Å². The highest BCUT2D eigenvalue weighted by atomic mass is 19.1. The van der Waals surface area contributed by atoms with Crippen molar-refractivity contribution in [3.8, 4) is 0 Å². The number of nitrogens with zero attached hydrogens (tertiary/aromatic N) is 3. The molecule has 0 bridgehead atoms. The molecule has 0 saturated heterocycles. The molecule has 0 saturated carbocycles. The van der Waals surface area contributed by atoms with Gasteiger partial charge in [-0.1, -0.05) is 45.0 Å². The Kier molecular flexibility index (Phi) is 21.7. The highest BCUT2D eigenvalue weighted by Gasteiger charge is 2.17. The summed E-state index contributed by atoms with van der Waals surface area (Å²) in [6.07, 6.45) is 5.73. The lowest BCUT2D eigenvalue weighted by Gasteiger charge is -2.19. The minimum Gasteiger partial charge on any atom is -0.402 e. The van der Waals surface area contributed by atoms with Crippen LogP contribution in [0.2, 0.25) is 0 Å². The lowest BCUT2D eigenvalue weighted by molar-refractivity contribution is -0.129. The molecule has 1 unspecified atom stereocenters. The maximum atomic E-state index is 14.3. The van der Waals surface area contributed by atoms with E-state index in [-0.39, 0.29) is 30.6 Å². The number of aryl methyl sites for hydroxylation is 1. The fraction of sp³-hybridized carbons (Fsp3) is 0.429. The van der Waals surface area contributed by atoms with Crippen LogP contribution in [0.15, 0.2) is 76.5 Å². The summed E-state index contributed by atoms with van der Waals surface area (Å²) in [5, 5.41) is 11.8. The molecule has 0 spiro atoms. The molecule has 0 heterocycles. The molecular weight excluding hydrogens is 585 g/mol. The number of benzene rings is 2. The van der Waals surface area contributed by atoms with Gasteiger partial charge in [0.05, 0.1) is 11.4 Å². The standard InChI is InChI=1S/C31H43FN6O2.C3H8.CH3NO/c1-7-34-24(5)30(23(4)33)31(35-22(3)10-8-18-38(6)19-9-11-29(39)37-40)25-13-15-26(16-14-25)36-28-20-21(2)12-17-27(28)32;1-3-2;2-1-3/h7,12-17,20,22,36,40H,1,8-11,18-19,33H2,2-6H3,(H,37,39);3H2,1-2H3;1H,(H2,2,3)/b30-23-,34-24?,35-31?;;. The Labute approximate surface area is 274 Å². The molecule has 0 aliphatic rings. The molecule has 10 nitrogen and oxygen atoms in total. The van der Waals surface area contributed by atoms with Crippen molar-refractivity contribution in [1.29, 1.82) is 0 Å². The Bertz CT molecular complexity index is 1300. The van der Waals surface area contributed by atoms with E-state index in [9.17, 15) is 9.18 Å². The van der Waals surface area contributed by atoms with E-state index < -0.39 is 0 Å². The first-order chi connectivity index (χ1) is 21.9. The highest BCUT2D eigenvalue weighted by molar-refractivity contribution is 6.30. The van der Waals surface area contributed by atoms with Gasteiger partial charge in [0.15, 0.2) is 0 Å². The van der Waals surface area contributed by atoms with Crippen molar-refractivity contribution < 1.29 is 19.2 Å². The number of halogens is 1. The molecule has 2 amide bonds. The summed E-state index contributed by atoms with van der Waals surface area (Å²) in [5.74, 6) is -0.684. The van der Waals surface area contributed by atoms with Gasteiger partial charge in [-0.2, -0.15) is 0 Å². The second-order valence-electron chi connectivity index (χ2n) is 10.9. The SMILES string of the molecule is C=CN=C(C)/C(C(=NC(C)CCCN(C)CCCC(=O)NO)c1ccc(Nc2cc(C)ccc2F)cc1)=C(\C)N.CCC.NC=O. The summed E-state index contributed by atoms with van der Waals surface area (Å²) >= 11 is 0. The van der Waals surface area contributed by atoms with Crippen LogP contribution >= 0.6 is 0 Å². The quantitative estimate of drug-likeness (QED) is 0.0656. The fourth-order valence-electron chi connectivity index (χ4n) is 4.35. The van der Waals surface area contributed by atoms with Crippen LogP contribution in [0.1, 0.15) is 77.8 Å². The van der Waals surface area contributed by atoms with Crippen molar-refractivity contribution in [2.24, 2.45) is 21.5 Å². The predicted octanol–water partition coefficient (Wildman–Crippen LogP) is 6.41. The maximum Gasteiger partial charge on any atom is 0.243 e. The van der Waals surface area contributed by atoms with Crippen molar-refractivity contribution in [2.45, 2.75) is 79.7 Å². The summed E-state index contributed by atoms with van der Waals surface area (Å²) < 4.78 is 14.3. The Morgan fingerprint density at radius 1 is 1.13 bits per heavy atom. The van der Waals surface area contributed by atoms with E-state index in [0.29, 0.717) is 17.8 Å². The predicted molar refractivity (Wildman–Crippen MR) is 189 cm³/mol. The van der Waals surface area contributed by atoms with Gasteiger partial charge in [-0.15, -0.1) is 0 Å². The Hall–Kier alpha value is -4.35. The average Bonchev–Trinajstić information content (AvgIpc) is 3.00. The van der Waals surface area contributed by atoms with E-state index in [4.69, 9.17) is 20.7 Å². The molecule has 0 aromatic heterocycles. The molecule has 46 heavy (non-hydrogen) atoms. The number of hydrogen-bond acceptors (Lipinski definition) is 8. The molecule has 0 aliphatic carbocycles. The normalized spacial score (nSPS) is 12.5. The third-order valence-electron chi connectivity index (χ3n) is 6.42. The second kappa shape index (κ2) is 24.0. The second-order valence-corrected chi connectivity index (χ2v) is 10.9. The number of aliphatic imine (C=N–C) groups is 2. The molecule has 254 valence electrons. The van der Waals surface area contributed by atoms with Gasteiger partial charge < -0.3 is 21.7 Å². The van der Waals surface area contributed by atoms with E-state index >= 15 is 0 Å². The van der Waals surface area contributed by atoms with Crippen LogP contribution in [-0.2, 0) is 9.59 Å². The molecule has 0 fully saturated rings. The lowest BCUT2D eigenvalue weighted by Crippen LogP contribution is -2.24. The summed E-state index contributed by atoms with van der Waals surface area (Å²) in [7, 11) is 2.02. The van der Waals surface area contributed by atoms with Crippen molar-refractivity contribution in [1.82, 2.24) is 10.4 Å². The number of primary amides is 1. The molecule has 0 radical (unpaired) electrons. The topological polar surface area (TPSA) is 158 Å². The maximum absolute atomic E-state index is 14.3. The van der Waals surface area contributed by atoms with E-state index in [1.54, 1.807) is 17.6 Å². The third-order valence-corrected chi connectivity index (χ3v) is 6.42. The fourth-order valence-corrected chi connectivity index (χ4v) is 4.35. The minimum atomic E-state index is -0.371. The molecule has 2 aromatic carbocycles. The summed E-state index contributed by atoms with van der Waals surface area (Å²) in [5.41, 5.74) is 18.0. The van der Waals surface area contributed by atoms with Crippen LogP contribution in [0.3, 0.4) is 0 Å². The summed E-state index contributed by atoms with van der Waals surface area (Å²) in [6, 6.07) is 12.7. The number of carbonyl (C=O) groups excluding carboxylic acids is 2. The Balaban J connectivity index is 0.00000312. The molecule has 7 N–H and O–H groups in total. The largest absolute Gasteiger partial charge is 0.402 e. The Morgan fingerprint density at radius 3 is 2.26 bits per heavy atom. The van der Waals surface area contributed by atoms with Gasteiger partial charge in [0.25, 0.3) is 0 Å². The number of amides is 2. The van der Waals surface area contributed by atoms with Gasteiger partial charge >= 0.3 is 0 Å². The lowest BCUT2D eigenvalue weighted by atomic mass is 9.96. The zero-order valence-corrected chi connectivity index (χ0v) is 28.6. The number of hydroxylamine groups is 1. The molecule has 11 heteroatoms. The zero-order chi connectivity index (χ0) is 35.1. The highest BCUT2D eigenvalue weighted by Crippen LogP contribution is 2.23. The number of hydrogen-bond donors (Lipinski definition) is 5. The van der Waals surface area contributed by atoms with Gasteiger partial charge in [-0.25, -0.2) is 9.87 Å². The van der Waals surface area contributed by atoms with Crippen LogP contribution in [0.4, 0.5) is 15.8 Å². The van der Waals surface area contributed by atoms with Crippen molar-refractivity contribution in [3.63, 3.8) is 0 Å². The summed E-state index contributed by atoms with van der Waals surface area (Å²) in [4.78, 5) is 31.4. The van der Waals surface area contributed by atoms with Crippen LogP contribution in [0.5, 0.6) is 0 Å². The van der Waals surface area contributed by atoms with Crippen LogP contribution in [0.25, 0.3) is 0 Å². The third kappa shape index (κ3) is 16.6. The number of nitrogens with two attached hydrogens (primary N) is 2. The van der Waals surface area contributed by atoms with E-state index in [1.165, 1.54) is 18.7 Å². The minimum absolute atomic E-state index is 0.00800. The zero-order valence-electron chi connectivity index (χ0n) is 28.6. The molecule has 2 aromatic rings. The number of anilines is 2. The number of carbonyl (C=O) groups is 2. The first kappa shape index (κ1) is 41.7. The number of nitrogens with one attached hydrogen (secondary N) is 2. The number of allylic oxidation sites excluding steroid dienone is 2. The molecule has 0 aliphatic heterocycles. The average molecular weight is 640 g/mol. The van der Waals surface area contributed by atoms with Crippen LogP contribution < -0.4 is 22.3 Å². The smallest absolute Gasteiger partial charge is 0.243 e. The summed E-state index contributed by atoms with van der Waals surface area (Å²) in [6.45, 7) is 17.3. The van der Waals surface area contributed by atoms with Gasteiger partial charge in [0.2, 0.25) is 12.3 Å². The monoisotopic (exact) mass is 639 g/mol. The molecule has 2 rings (SSSR count).